The molecule has 1 heterocycles. The lowest BCUT2D eigenvalue weighted by atomic mass is 10.0. The first-order valence-corrected chi connectivity index (χ1v) is 8.35. The van der Waals surface area contributed by atoms with E-state index >= 15 is 0 Å². The van der Waals surface area contributed by atoms with Crippen molar-refractivity contribution in [2.24, 2.45) is 0 Å². The summed E-state index contributed by atoms with van der Waals surface area (Å²) in [5.74, 6) is 0. The molecule has 0 atom stereocenters. The van der Waals surface area contributed by atoms with Crippen LogP contribution in [0, 0.1) is 0 Å². The van der Waals surface area contributed by atoms with Gasteiger partial charge in [-0.15, -0.1) is 0 Å². The number of aromatic nitrogens is 1. The van der Waals surface area contributed by atoms with Crippen molar-refractivity contribution in [1.29, 1.82) is 0 Å². The monoisotopic (exact) mass is 314 g/mol. The summed E-state index contributed by atoms with van der Waals surface area (Å²) in [4.78, 5) is 0. The molecule has 0 amide bonds. The average molecular weight is 314 g/mol. The van der Waals surface area contributed by atoms with Gasteiger partial charge < -0.3 is 10.3 Å². The van der Waals surface area contributed by atoms with E-state index in [4.69, 9.17) is 5.73 Å². The maximum Gasteiger partial charge on any atom is 0.0496 e. The second kappa shape index (κ2) is 5.13. The molecule has 120 valence electrons. The fourth-order valence-electron chi connectivity index (χ4n) is 3.59. The van der Waals surface area contributed by atoms with Crippen LogP contribution in [0.2, 0.25) is 0 Å². The van der Waals surface area contributed by atoms with Gasteiger partial charge in [0.15, 0.2) is 0 Å². The lowest BCUT2D eigenvalue weighted by Crippen LogP contribution is -2.21. The number of fused-ring (bicyclic) bond motifs is 3. The third-order valence-corrected chi connectivity index (χ3v) is 4.56. The van der Waals surface area contributed by atoms with Crippen LogP contribution in [0.5, 0.6) is 0 Å². The van der Waals surface area contributed by atoms with E-state index in [2.05, 4.69) is 73.9 Å². The summed E-state index contributed by atoms with van der Waals surface area (Å²) in [7, 11) is 0. The van der Waals surface area contributed by atoms with Gasteiger partial charge in [-0.05, 0) is 62.2 Å². The number of hydrogen-bond acceptors (Lipinski definition) is 1. The molecule has 4 rings (SSSR count). The van der Waals surface area contributed by atoms with Crippen molar-refractivity contribution >= 4 is 27.5 Å². The number of anilines is 1. The van der Waals surface area contributed by atoms with Crippen LogP contribution in [-0.2, 0) is 5.54 Å². The molecule has 0 saturated heterocycles. The molecule has 0 aliphatic rings. The largest absolute Gasteiger partial charge is 0.399 e. The predicted octanol–water partition coefficient (Wildman–Crippen LogP) is 5.80. The normalized spacial score (nSPS) is 12.1. The second-order valence-electron chi connectivity index (χ2n) is 7.38. The van der Waals surface area contributed by atoms with Crippen LogP contribution in [0.3, 0.4) is 0 Å². The molecule has 0 bridgehead atoms. The lowest BCUT2D eigenvalue weighted by molar-refractivity contribution is 0.423. The highest BCUT2D eigenvalue weighted by molar-refractivity contribution is 6.09. The summed E-state index contributed by atoms with van der Waals surface area (Å²) in [5, 5.41) is 2.59. The Kier molecular flexibility index (Phi) is 3.17. The number of para-hydroxylation sites is 1. The van der Waals surface area contributed by atoms with Gasteiger partial charge in [0.25, 0.3) is 0 Å². The average Bonchev–Trinajstić information content (AvgIpc) is 2.88. The molecule has 2 N–H and O–H groups in total. The van der Waals surface area contributed by atoms with E-state index in [1.807, 2.05) is 18.2 Å². The zero-order valence-corrected chi connectivity index (χ0v) is 14.4. The fraction of sp³-hybridized carbons (Fsp3) is 0.182. The summed E-state index contributed by atoms with van der Waals surface area (Å²) < 4.78 is 2.43. The first-order valence-electron chi connectivity index (χ1n) is 8.35. The Morgan fingerprint density at radius 1 is 0.708 bits per heavy atom. The number of benzene rings is 3. The Morgan fingerprint density at radius 2 is 1.42 bits per heavy atom. The Hall–Kier alpha value is -2.74. The van der Waals surface area contributed by atoms with Crippen molar-refractivity contribution in [3.05, 3.63) is 66.7 Å². The Bertz CT molecular complexity index is 1050. The van der Waals surface area contributed by atoms with E-state index < -0.39 is 0 Å². The zero-order valence-electron chi connectivity index (χ0n) is 14.4. The molecule has 0 radical (unpaired) electrons. The maximum atomic E-state index is 5.96. The van der Waals surface area contributed by atoms with Crippen LogP contribution in [0.1, 0.15) is 20.8 Å². The van der Waals surface area contributed by atoms with Gasteiger partial charge in [-0.3, -0.25) is 0 Å². The number of nitrogen functional groups attached to an aromatic ring is 1. The number of hydrogen-bond donors (Lipinski definition) is 1. The third-order valence-electron chi connectivity index (χ3n) is 4.56. The van der Waals surface area contributed by atoms with Gasteiger partial charge in [0.1, 0.15) is 0 Å². The number of rotatable bonds is 1. The zero-order chi connectivity index (χ0) is 16.9. The lowest BCUT2D eigenvalue weighted by Gasteiger charge is -2.24. The van der Waals surface area contributed by atoms with E-state index in [1.165, 1.54) is 27.4 Å². The topological polar surface area (TPSA) is 30.9 Å². The molecule has 2 nitrogen and oxygen atoms in total. The molecular formula is C22H22N2. The van der Waals surface area contributed by atoms with Crippen molar-refractivity contribution in [1.82, 2.24) is 4.57 Å². The molecule has 2 heteroatoms. The molecule has 0 spiro atoms. The minimum atomic E-state index is 0.0278. The van der Waals surface area contributed by atoms with Crippen molar-refractivity contribution in [2.45, 2.75) is 26.3 Å². The minimum Gasteiger partial charge on any atom is -0.399 e. The fourth-order valence-corrected chi connectivity index (χ4v) is 3.59. The number of nitrogens with zero attached hydrogens (tertiary/aromatic N) is 1. The van der Waals surface area contributed by atoms with E-state index in [1.54, 1.807) is 0 Å². The van der Waals surface area contributed by atoms with Crippen molar-refractivity contribution in [3.63, 3.8) is 0 Å². The van der Waals surface area contributed by atoms with Gasteiger partial charge in [-0.1, -0.05) is 36.4 Å². The van der Waals surface area contributed by atoms with E-state index in [-0.39, 0.29) is 5.54 Å². The maximum absolute atomic E-state index is 5.96. The van der Waals surface area contributed by atoms with Gasteiger partial charge in [0.05, 0.1) is 0 Å². The van der Waals surface area contributed by atoms with Crippen molar-refractivity contribution in [2.75, 3.05) is 5.73 Å². The SMILES string of the molecule is CC(C)(C)n1c2ccccc2c2cc(-c3cccc(N)c3)ccc21. The molecule has 0 saturated carbocycles. The molecule has 3 aromatic carbocycles. The number of nitrogens with two attached hydrogens (primary N) is 1. The first kappa shape index (κ1) is 14.8. The molecule has 4 aromatic rings. The molecular weight excluding hydrogens is 292 g/mol. The van der Waals surface area contributed by atoms with Crippen LogP contribution in [0.25, 0.3) is 32.9 Å². The van der Waals surface area contributed by atoms with Crippen LogP contribution >= 0.6 is 0 Å². The van der Waals surface area contributed by atoms with Crippen LogP contribution < -0.4 is 5.73 Å². The molecule has 0 fully saturated rings. The van der Waals surface area contributed by atoms with Gasteiger partial charge in [0, 0.05) is 33.0 Å². The van der Waals surface area contributed by atoms with Crippen molar-refractivity contribution < 1.29 is 0 Å². The summed E-state index contributed by atoms with van der Waals surface area (Å²) in [5.41, 5.74) is 11.7. The highest BCUT2D eigenvalue weighted by Crippen LogP contribution is 2.36. The predicted molar refractivity (Wildman–Crippen MR) is 104 cm³/mol. The van der Waals surface area contributed by atoms with Crippen LogP contribution in [0.15, 0.2) is 66.7 Å². The van der Waals surface area contributed by atoms with Gasteiger partial charge in [-0.25, -0.2) is 0 Å². The summed E-state index contributed by atoms with van der Waals surface area (Å²) in [6.45, 7) is 6.76. The highest BCUT2D eigenvalue weighted by atomic mass is 15.0. The molecule has 0 aliphatic heterocycles. The van der Waals surface area contributed by atoms with Gasteiger partial charge in [-0.2, -0.15) is 0 Å². The van der Waals surface area contributed by atoms with E-state index in [0.29, 0.717) is 0 Å². The van der Waals surface area contributed by atoms with Crippen molar-refractivity contribution in [3.8, 4) is 11.1 Å². The molecule has 0 aliphatic carbocycles. The van der Waals surface area contributed by atoms with Crippen LogP contribution in [0.4, 0.5) is 5.69 Å². The Labute approximate surface area is 142 Å². The Balaban J connectivity index is 2.06. The summed E-state index contributed by atoms with van der Waals surface area (Å²) in [6.07, 6.45) is 0. The quantitative estimate of drug-likeness (QED) is 0.442. The van der Waals surface area contributed by atoms with Gasteiger partial charge in [0.2, 0.25) is 0 Å². The Morgan fingerprint density at radius 3 is 2.17 bits per heavy atom. The summed E-state index contributed by atoms with van der Waals surface area (Å²) >= 11 is 0. The standard InChI is InChI=1S/C22H22N2/c1-22(2,3)24-20-10-5-4-9-18(20)19-14-16(11-12-21(19)24)15-7-6-8-17(23)13-15/h4-14H,23H2,1-3H3. The second-order valence-corrected chi connectivity index (χ2v) is 7.38. The first-order chi connectivity index (χ1) is 11.4. The van der Waals surface area contributed by atoms with Gasteiger partial charge >= 0.3 is 0 Å². The van der Waals surface area contributed by atoms with E-state index in [9.17, 15) is 0 Å². The molecule has 24 heavy (non-hydrogen) atoms. The smallest absolute Gasteiger partial charge is 0.0496 e. The minimum absolute atomic E-state index is 0.0278. The molecule has 0 unspecified atom stereocenters. The van der Waals surface area contributed by atoms with E-state index in [0.717, 1.165) is 11.3 Å². The highest BCUT2D eigenvalue weighted by Gasteiger charge is 2.20. The third kappa shape index (κ3) is 2.26. The molecule has 1 aromatic heterocycles. The summed E-state index contributed by atoms with van der Waals surface area (Å²) in [6, 6.07) is 23.4. The van der Waals surface area contributed by atoms with Crippen LogP contribution in [-0.4, -0.2) is 4.57 Å².